The molecule has 0 atom stereocenters. The Morgan fingerprint density at radius 3 is 2.65 bits per heavy atom. The van der Waals surface area contributed by atoms with Crippen LogP contribution in [0.3, 0.4) is 0 Å². The molecule has 0 aliphatic heterocycles. The summed E-state index contributed by atoms with van der Waals surface area (Å²) in [6.45, 7) is -0.203. The molecule has 0 fully saturated rings. The van der Waals surface area contributed by atoms with Crippen LogP contribution in [0.4, 0.5) is 0 Å². The fourth-order valence-electron chi connectivity index (χ4n) is 1.06. The summed E-state index contributed by atoms with van der Waals surface area (Å²) in [5, 5.41) is 2.38. The molecule has 1 aromatic carbocycles. The predicted octanol–water partition coefficient (Wildman–Crippen LogP) is 1.46. The normalized spacial score (nSPS) is 9.71. The standard InChI is InChI=1S/C12H15NO3S/c1-13-11(14)9-16-12(15)7-8-17-10-5-3-2-4-6-10/h2-6H,7-9H2,1H3,(H,13,14). The van der Waals surface area contributed by atoms with Crippen molar-refractivity contribution < 1.29 is 14.3 Å². The van der Waals surface area contributed by atoms with Crippen molar-refractivity contribution in [1.82, 2.24) is 5.32 Å². The number of ether oxygens (including phenoxy) is 1. The number of carbonyl (C=O) groups excluding carboxylic acids is 2. The van der Waals surface area contributed by atoms with Gasteiger partial charge < -0.3 is 10.1 Å². The third kappa shape index (κ3) is 5.97. The Balaban J connectivity index is 2.14. The lowest BCUT2D eigenvalue weighted by atomic mass is 10.4. The van der Waals surface area contributed by atoms with Gasteiger partial charge in [-0.05, 0) is 12.1 Å². The average molecular weight is 253 g/mol. The minimum atomic E-state index is -0.350. The first-order valence-electron chi connectivity index (χ1n) is 5.26. The lowest BCUT2D eigenvalue weighted by Crippen LogP contribution is -2.25. The maximum atomic E-state index is 11.2. The summed E-state index contributed by atoms with van der Waals surface area (Å²) in [5.41, 5.74) is 0. The van der Waals surface area contributed by atoms with Crippen molar-refractivity contribution in [3.63, 3.8) is 0 Å². The van der Waals surface area contributed by atoms with Crippen LogP contribution in [0.2, 0.25) is 0 Å². The summed E-state index contributed by atoms with van der Waals surface area (Å²) in [6.07, 6.45) is 0.302. The van der Waals surface area contributed by atoms with E-state index in [-0.39, 0.29) is 18.5 Å². The maximum absolute atomic E-state index is 11.2. The van der Waals surface area contributed by atoms with Crippen molar-refractivity contribution in [3.05, 3.63) is 30.3 Å². The lowest BCUT2D eigenvalue weighted by molar-refractivity contribution is -0.147. The van der Waals surface area contributed by atoms with Crippen LogP contribution in [0.25, 0.3) is 0 Å². The molecular weight excluding hydrogens is 238 g/mol. The van der Waals surface area contributed by atoms with E-state index in [0.717, 1.165) is 4.90 Å². The summed E-state index contributed by atoms with van der Waals surface area (Å²) in [6, 6.07) is 9.82. The SMILES string of the molecule is CNC(=O)COC(=O)CCSc1ccccc1. The second-order valence-corrected chi connectivity index (χ2v) is 4.41. The van der Waals surface area contributed by atoms with E-state index in [0.29, 0.717) is 12.2 Å². The van der Waals surface area contributed by atoms with E-state index in [9.17, 15) is 9.59 Å². The first-order valence-corrected chi connectivity index (χ1v) is 6.25. The van der Waals surface area contributed by atoms with Crippen LogP contribution in [0.15, 0.2) is 35.2 Å². The van der Waals surface area contributed by atoms with Crippen molar-refractivity contribution in [2.45, 2.75) is 11.3 Å². The molecule has 5 heteroatoms. The number of benzene rings is 1. The summed E-state index contributed by atoms with van der Waals surface area (Å²) in [5.74, 6) is 0.00226. The molecule has 0 saturated heterocycles. The number of carbonyl (C=O) groups is 2. The van der Waals surface area contributed by atoms with Gasteiger partial charge in [-0.25, -0.2) is 0 Å². The first-order chi connectivity index (χ1) is 8.22. The van der Waals surface area contributed by atoms with Gasteiger partial charge in [0.15, 0.2) is 6.61 Å². The fourth-order valence-corrected chi connectivity index (χ4v) is 1.91. The van der Waals surface area contributed by atoms with Gasteiger partial charge in [0.2, 0.25) is 0 Å². The zero-order valence-corrected chi connectivity index (χ0v) is 10.5. The van der Waals surface area contributed by atoms with Crippen molar-refractivity contribution in [3.8, 4) is 0 Å². The quantitative estimate of drug-likeness (QED) is 0.616. The van der Waals surface area contributed by atoms with Crippen molar-refractivity contribution in [2.75, 3.05) is 19.4 Å². The molecule has 4 nitrogen and oxygen atoms in total. The molecule has 0 aliphatic rings. The van der Waals surface area contributed by atoms with E-state index in [1.54, 1.807) is 11.8 Å². The second-order valence-electron chi connectivity index (χ2n) is 3.25. The molecule has 0 radical (unpaired) electrons. The van der Waals surface area contributed by atoms with Crippen LogP contribution >= 0.6 is 11.8 Å². The minimum absolute atomic E-state index is 0.203. The molecule has 0 aliphatic carbocycles. The Hall–Kier alpha value is -1.49. The largest absolute Gasteiger partial charge is 0.456 e. The summed E-state index contributed by atoms with van der Waals surface area (Å²) >= 11 is 1.59. The van der Waals surface area contributed by atoms with E-state index in [4.69, 9.17) is 4.74 Å². The Labute approximate surface area is 105 Å². The van der Waals surface area contributed by atoms with Gasteiger partial charge in [-0.2, -0.15) is 0 Å². The molecule has 0 spiro atoms. The molecule has 92 valence electrons. The van der Waals surface area contributed by atoms with Crippen LogP contribution in [0.5, 0.6) is 0 Å². The number of amides is 1. The molecule has 0 aromatic heterocycles. The molecule has 1 N–H and O–H groups in total. The first kappa shape index (κ1) is 13.6. The molecule has 1 rings (SSSR count). The van der Waals surface area contributed by atoms with Crippen LogP contribution in [0.1, 0.15) is 6.42 Å². The molecule has 17 heavy (non-hydrogen) atoms. The monoisotopic (exact) mass is 253 g/mol. The number of hydrogen-bond acceptors (Lipinski definition) is 4. The van der Waals surface area contributed by atoms with E-state index < -0.39 is 0 Å². The summed E-state index contributed by atoms with van der Waals surface area (Å²) in [4.78, 5) is 23.2. The van der Waals surface area contributed by atoms with Gasteiger partial charge in [-0.1, -0.05) is 18.2 Å². The highest BCUT2D eigenvalue weighted by molar-refractivity contribution is 7.99. The number of rotatable bonds is 6. The highest BCUT2D eigenvalue weighted by Crippen LogP contribution is 2.17. The summed E-state index contributed by atoms with van der Waals surface area (Å²) < 4.78 is 4.77. The van der Waals surface area contributed by atoms with Gasteiger partial charge in [0.25, 0.3) is 5.91 Å². The Morgan fingerprint density at radius 1 is 1.29 bits per heavy atom. The van der Waals surface area contributed by atoms with E-state index in [1.807, 2.05) is 30.3 Å². The topological polar surface area (TPSA) is 55.4 Å². The van der Waals surface area contributed by atoms with Gasteiger partial charge in [0.1, 0.15) is 0 Å². The molecule has 1 amide bonds. The highest BCUT2D eigenvalue weighted by Gasteiger charge is 2.06. The third-order valence-corrected chi connectivity index (χ3v) is 2.97. The predicted molar refractivity (Wildman–Crippen MR) is 66.8 cm³/mol. The van der Waals surface area contributed by atoms with Crippen molar-refractivity contribution in [1.29, 1.82) is 0 Å². The molecule has 1 aromatic rings. The number of likely N-dealkylation sites (N-methyl/N-ethyl adjacent to an activating group) is 1. The zero-order chi connectivity index (χ0) is 12.5. The van der Waals surface area contributed by atoms with E-state index in [1.165, 1.54) is 7.05 Å². The van der Waals surface area contributed by atoms with Gasteiger partial charge >= 0.3 is 5.97 Å². The smallest absolute Gasteiger partial charge is 0.307 e. The van der Waals surface area contributed by atoms with Crippen LogP contribution < -0.4 is 5.32 Å². The molecular formula is C12H15NO3S. The van der Waals surface area contributed by atoms with Crippen LogP contribution in [-0.4, -0.2) is 31.3 Å². The van der Waals surface area contributed by atoms with Gasteiger partial charge in [0.05, 0.1) is 6.42 Å². The molecule has 0 heterocycles. The van der Waals surface area contributed by atoms with Crippen LogP contribution in [0, 0.1) is 0 Å². The third-order valence-electron chi connectivity index (χ3n) is 1.96. The molecule has 0 bridgehead atoms. The molecule has 0 saturated carbocycles. The second kappa shape index (κ2) is 7.73. The number of nitrogens with one attached hydrogen (secondary N) is 1. The average Bonchev–Trinajstić information content (AvgIpc) is 2.37. The van der Waals surface area contributed by atoms with E-state index in [2.05, 4.69) is 5.32 Å². The summed E-state index contributed by atoms with van der Waals surface area (Å²) in [7, 11) is 1.50. The van der Waals surface area contributed by atoms with Crippen molar-refractivity contribution >= 4 is 23.6 Å². The number of thioether (sulfide) groups is 1. The Morgan fingerprint density at radius 2 is 2.00 bits per heavy atom. The minimum Gasteiger partial charge on any atom is -0.456 e. The molecule has 0 unspecified atom stereocenters. The Kier molecular flexibility index (Phi) is 6.17. The van der Waals surface area contributed by atoms with E-state index >= 15 is 0 Å². The van der Waals surface area contributed by atoms with Crippen LogP contribution in [-0.2, 0) is 14.3 Å². The highest BCUT2D eigenvalue weighted by atomic mass is 32.2. The van der Waals surface area contributed by atoms with Gasteiger partial charge in [0, 0.05) is 17.7 Å². The number of hydrogen-bond donors (Lipinski definition) is 1. The number of esters is 1. The van der Waals surface area contributed by atoms with Crippen molar-refractivity contribution in [2.24, 2.45) is 0 Å². The fraction of sp³-hybridized carbons (Fsp3) is 0.333. The zero-order valence-electron chi connectivity index (χ0n) is 9.64. The maximum Gasteiger partial charge on any atom is 0.307 e. The Bertz CT molecular complexity index is 367. The van der Waals surface area contributed by atoms with Gasteiger partial charge in [-0.3, -0.25) is 9.59 Å². The van der Waals surface area contributed by atoms with Gasteiger partial charge in [-0.15, -0.1) is 11.8 Å². The lowest BCUT2D eigenvalue weighted by Gasteiger charge is -2.03.